The van der Waals surface area contributed by atoms with Crippen LogP contribution in [-0.4, -0.2) is 44.3 Å². The molecule has 1 fully saturated rings. The van der Waals surface area contributed by atoms with Gasteiger partial charge in [-0.25, -0.2) is 0 Å². The van der Waals surface area contributed by atoms with Crippen molar-refractivity contribution in [2.75, 3.05) is 33.6 Å². The highest BCUT2D eigenvalue weighted by Gasteiger charge is 2.29. The van der Waals surface area contributed by atoms with Gasteiger partial charge in [-0.3, -0.25) is 4.99 Å². The molecule has 1 heterocycles. The fourth-order valence-electron chi connectivity index (χ4n) is 2.74. The van der Waals surface area contributed by atoms with Crippen molar-refractivity contribution in [3.05, 3.63) is 23.8 Å². The van der Waals surface area contributed by atoms with Gasteiger partial charge in [0.25, 0.3) is 0 Å². The Hall–Kier alpha value is -1.56. The molecule has 128 valence electrons. The van der Waals surface area contributed by atoms with Gasteiger partial charge < -0.3 is 20.1 Å². The van der Waals surface area contributed by atoms with Crippen LogP contribution in [0.5, 0.6) is 11.5 Å². The van der Waals surface area contributed by atoms with Crippen LogP contribution < -0.4 is 20.1 Å². The molecule has 2 rings (SSSR count). The molecule has 1 aliphatic rings. The molecule has 0 saturated carbocycles. The first kappa shape index (κ1) is 17.8. The highest BCUT2D eigenvalue weighted by atomic mass is 32.2. The second kappa shape index (κ2) is 8.34. The number of benzene rings is 1. The van der Waals surface area contributed by atoms with Crippen LogP contribution in [0.15, 0.2) is 23.2 Å². The largest absolute Gasteiger partial charge is 0.493 e. The third kappa shape index (κ3) is 4.70. The average molecular weight is 337 g/mol. The summed E-state index contributed by atoms with van der Waals surface area (Å²) < 4.78 is 11.1. The van der Waals surface area contributed by atoms with Crippen LogP contribution in [0.25, 0.3) is 0 Å². The van der Waals surface area contributed by atoms with Crippen LogP contribution in [-0.2, 0) is 6.54 Å². The minimum atomic E-state index is 0.311. The maximum Gasteiger partial charge on any atom is 0.191 e. The van der Waals surface area contributed by atoms with Crippen LogP contribution in [0.4, 0.5) is 0 Å². The van der Waals surface area contributed by atoms with Crippen LogP contribution in [0.1, 0.15) is 25.3 Å². The lowest BCUT2D eigenvalue weighted by Crippen LogP contribution is -2.43. The maximum absolute atomic E-state index is 5.46. The number of hydrogen-bond acceptors (Lipinski definition) is 4. The second-order valence-electron chi connectivity index (χ2n) is 5.83. The molecule has 0 spiro atoms. The van der Waals surface area contributed by atoms with Gasteiger partial charge in [-0.2, -0.15) is 11.8 Å². The van der Waals surface area contributed by atoms with Crippen molar-refractivity contribution in [3.8, 4) is 11.5 Å². The van der Waals surface area contributed by atoms with Crippen LogP contribution in [0.2, 0.25) is 0 Å². The summed E-state index contributed by atoms with van der Waals surface area (Å²) in [5, 5.41) is 6.78. The van der Waals surface area contributed by atoms with E-state index in [1.807, 2.05) is 30.0 Å². The lowest BCUT2D eigenvalue weighted by Gasteiger charge is -2.24. The van der Waals surface area contributed by atoms with Crippen molar-refractivity contribution < 1.29 is 9.47 Å². The Kier molecular flexibility index (Phi) is 6.45. The Labute approximate surface area is 143 Å². The molecule has 1 aliphatic heterocycles. The van der Waals surface area contributed by atoms with Gasteiger partial charge in [-0.15, -0.1) is 0 Å². The Bertz CT molecular complexity index is 543. The summed E-state index contributed by atoms with van der Waals surface area (Å²) in [6.07, 6.45) is 2.56. The SMILES string of the molecule is CN=C(NCc1cccc(OC)c1OC)NCC1(C)CCCS1. The zero-order valence-electron chi connectivity index (χ0n) is 14.4. The minimum Gasteiger partial charge on any atom is -0.493 e. The van der Waals surface area contributed by atoms with Crippen molar-refractivity contribution in [3.63, 3.8) is 0 Å². The van der Waals surface area contributed by atoms with E-state index in [2.05, 4.69) is 22.5 Å². The standard InChI is InChI=1S/C17H27N3O2S/c1-17(9-6-10-23-17)12-20-16(18-2)19-11-13-7-5-8-14(21-3)15(13)22-4/h5,7-8H,6,9-12H2,1-4H3,(H2,18,19,20). The molecule has 0 radical (unpaired) electrons. The monoisotopic (exact) mass is 337 g/mol. The topological polar surface area (TPSA) is 54.9 Å². The first-order chi connectivity index (χ1) is 11.1. The fraction of sp³-hybridized carbons (Fsp3) is 0.588. The highest BCUT2D eigenvalue weighted by molar-refractivity contribution is 8.00. The van der Waals surface area contributed by atoms with E-state index in [0.29, 0.717) is 11.3 Å². The molecule has 0 amide bonds. The second-order valence-corrected chi connectivity index (χ2v) is 7.52. The predicted molar refractivity (Wildman–Crippen MR) is 97.8 cm³/mol. The number of ether oxygens (including phenoxy) is 2. The molecule has 0 bridgehead atoms. The molecule has 0 aliphatic carbocycles. The number of rotatable bonds is 6. The molecule has 1 atom stereocenters. The van der Waals surface area contributed by atoms with E-state index >= 15 is 0 Å². The Balaban J connectivity index is 1.93. The lowest BCUT2D eigenvalue weighted by atomic mass is 10.1. The zero-order valence-corrected chi connectivity index (χ0v) is 15.3. The predicted octanol–water partition coefficient (Wildman–Crippen LogP) is 2.65. The third-order valence-corrected chi connectivity index (χ3v) is 5.62. The molecule has 1 unspecified atom stereocenters. The summed E-state index contributed by atoms with van der Waals surface area (Å²) >= 11 is 2.04. The average Bonchev–Trinajstić information content (AvgIpc) is 3.01. The molecular formula is C17H27N3O2S. The summed E-state index contributed by atoms with van der Waals surface area (Å²) in [7, 11) is 5.10. The van der Waals surface area contributed by atoms with Crippen molar-refractivity contribution in [2.24, 2.45) is 4.99 Å². The number of nitrogens with one attached hydrogen (secondary N) is 2. The fourth-order valence-corrected chi connectivity index (χ4v) is 3.98. The number of hydrogen-bond donors (Lipinski definition) is 2. The number of aliphatic imine (C=N–C) groups is 1. The van der Waals surface area contributed by atoms with Crippen LogP contribution >= 0.6 is 11.8 Å². The summed E-state index contributed by atoms with van der Waals surface area (Å²) in [6, 6.07) is 5.88. The number of nitrogens with zero attached hydrogens (tertiary/aromatic N) is 1. The quantitative estimate of drug-likeness (QED) is 0.617. The maximum atomic E-state index is 5.46. The summed E-state index contributed by atoms with van der Waals surface area (Å²) in [6.45, 7) is 3.87. The summed E-state index contributed by atoms with van der Waals surface area (Å²) in [4.78, 5) is 4.31. The number of thioether (sulfide) groups is 1. The van der Waals surface area contributed by atoms with Gasteiger partial charge in [0, 0.05) is 30.4 Å². The molecule has 6 heteroatoms. The van der Waals surface area contributed by atoms with Gasteiger partial charge in [0.05, 0.1) is 14.2 Å². The van der Waals surface area contributed by atoms with Crippen LogP contribution in [0, 0.1) is 0 Å². The molecule has 1 aromatic carbocycles. The number of para-hydroxylation sites is 1. The van der Waals surface area contributed by atoms with E-state index in [1.165, 1.54) is 18.6 Å². The molecular weight excluding hydrogens is 310 g/mol. The van der Waals surface area contributed by atoms with Gasteiger partial charge >= 0.3 is 0 Å². The van der Waals surface area contributed by atoms with E-state index in [4.69, 9.17) is 9.47 Å². The van der Waals surface area contributed by atoms with Crippen molar-refractivity contribution in [1.82, 2.24) is 10.6 Å². The molecule has 1 saturated heterocycles. The summed E-state index contributed by atoms with van der Waals surface area (Å²) in [5.41, 5.74) is 1.04. The summed E-state index contributed by atoms with van der Waals surface area (Å²) in [5.74, 6) is 3.56. The lowest BCUT2D eigenvalue weighted by molar-refractivity contribution is 0.351. The number of guanidine groups is 1. The van der Waals surface area contributed by atoms with Crippen molar-refractivity contribution in [1.29, 1.82) is 0 Å². The van der Waals surface area contributed by atoms with Gasteiger partial charge in [-0.05, 0) is 31.6 Å². The molecule has 0 aromatic heterocycles. The number of methoxy groups -OCH3 is 2. The first-order valence-corrected chi connectivity index (χ1v) is 8.89. The molecule has 1 aromatic rings. The Morgan fingerprint density at radius 3 is 2.74 bits per heavy atom. The van der Waals surface area contributed by atoms with E-state index in [0.717, 1.165) is 29.6 Å². The normalized spacial score (nSPS) is 21.1. The third-order valence-electron chi connectivity index (χ3n) is 4.08. The van der Waals surface area contributed by atoms with E-state index in [9.17, 15) is 0 Å². The van der Waals surface area contributed by atoms with Crippen molar-refractivity contribution in [2.45, 2.75) is 31.1 Å². The molecule has 23 heavy (non-hydrogen) atoms. The molecule has 5 nitrogen and oxygen atoms in total. The highest BCUT2D eigenvalue weighted by Crippen LogP contribution is 2.37. The Morgan fingerprint density at radius 2 is 2.13 bits per heavy atom. The smallest absolute Gasteiger partial charge is 0.191 e. The van der Waals surface area contributed by atoms with Crippen LogP contribution in [0.3, 0.4) is 0 Å². The molecule has 2 N–H and O–H groups in total. The van der Waals surface area contributed by atoms with E-state index in [-0.39, 0.29) is 0 Å². The van der Waals surface area contributed by atoms with E-state index < -0.39 is 0 Å². The van der Waals surface area contributed by atoms with Gasteiger partial charge in [0.15, 0.2) is 17.5 Å². The first-order valence-electron chi connectivity index (χ1n) is 7.90. The zero-order chi connectivity index (χ0) is 16.7. The van der Waals surface area contributed by atoms with Gasteiger partial charge in [-0.1, -0.05) is 12.1 Å². The van der Waals surface area contributed by atoms with Crippen molar-refractivity contribution >= 4 is 17.7 Å². The minimum absolute atomic E-state index is 0.311. The van der Waals surface area contributed by atoms with Gasteiger partial charge in [0.1, 0.15) is 0 Å². The van der Waals surface area contributed by atoms with E-state index in [1.54, 1.807) is 21.3 Å². The van der Waals surface area contributed by atoms with Gasteiger partial charge in [0.2, 0.25) is 0 Å². The Morgan fingerprint density at radius 1 is 1.30 bits per heavy atom.